The van der Waals surface area contributed by atoms with Crippen LogP contribution in [0.2, 0.25) is 0 Å². The number of hydrogen-bond acceptors (Lipinski definition) is 1. The fourth-order valence-corrected chi connectivity index (χ4v) is 3.72. The van der Waals surface area contributed by atoms with Gasteiger partial charge >= 0.3 is 0 Å². The second kappa shape index (κ2) is 5.73. The molecule has 0 aliphatic carbocycles. The van der Waals surface area contributed by atoms with Gasteiger partial charge in [0, 0.05) is 16.8 Å². The minimum atomic E-state index is -0.255. The number of allylic oxidation sites excluding steroid dienone is 1. The minimum absolute atomic E-state index is 0.221. The number of anilines is 2. The number of hydrogen-bond donors (Lipinski definition) is 0. The first-order valence-corrected chi connectivity index (χ1v) is 8.41. The van der Waals surface area contributed by atoms with Crippen molar-refractivity contribution < 1.29 is 4.39 Å². The maximum Gasteiger partial charge on any atom is 0.128 e. The molecule has 1 aliphatic heterocycles. The molecule has 0 bridgehead atoms. The van der Waals surface area contributed by atoms with Gasteiger partial charge in [0.1, 0.15) is 5.82 Å². The van der Waals surface area contributed by atoms with Gasteiger partial charge in [0.2, 0.25) is 0 Å². The molecule has 0 atom stereocenters. The first kappa shape index (κ1) is 17.2. The van der Waals surface area contributed by atoms with Gasteiger partial charge in [0.25, 0.3) is 0 Å². The summed E-state index contributed by atoms with van der Waals surface area (Å²) in [5, 5.41) is 0. The second-order valence-electron chi connectivity index (χ2n) is 7.20. The highest BCUT2D eigenvalue weighted by atomic mass is 19.1. The third-order valence-electron chi connectivity index (χ3n) is 5.36. The maximum absolute atomic E-state index is 14.2. The molecular formula is C23H24FN. The highest BCUT2D eigenvalue weighted by Gasteiger charge is 2.39. The summed E-state index contributed by atoms with van der Waals surface area (Å²) in [5.74, 6) is -0.221. The molecule has 2 aromatic carbocycles. The van der Waals surface area contributed by atoms with E-state index in [1.54, 1.807) is 19.1 Å². The summed E-state index contributed by atoms with van der Waals surface area (Å²) in [6.45, 7) is 20.7. The molecule has 0 aromatic heterocycles. The molecule has 1 heterocycles. The van der Waals surface area contributed by atoms with E-state index < -0.39 is 0 Å². The van der Waals surface area contributed by atoms with E-state index in [1.807, 2.05) is 17.0 Å². The van der Waals surface area contributed by atoms with Crippen LogP contribution in [0.25, 0.3) is 6.08 Å². The molecule has 3 rings (SSSR count). The Labute approximate surface area is 149 Å². The van der Waals surface area contributed by atoms with Gasteiger partial charge in [-0.1, -0.05) is 51.8 Å². The van der Waals surface area contributed by atoms with E-state index >= 15 is 0 Å². The van der Waals surface area contributed by atoms with Crippen LogP contribution in [0.1, 0.15) is 36.1 Å². The van der Waals surface area contributed by atoms with E-state index in [9.17, 15) is 4.39 Å². The molecule has 2 aromatic rings. The van der Waals surface area contributed by atoms with Crippen LogP contribution < -0.4 is 4.90 Å². The Morgan fingerprint density at radius 3 is 2.36 bits per heavy atom. The summed E-state index contributed by atoms with van der Waals surface area (Å²) in [7, 11) is 0. The molecule has 0 amide bonds. The largest absolute Gasteiger partial charge is 0.310 e. The Morgan fingerprint density at radius 1 is 1.08 bits per heavy atom. The summed E-state index contributed by atoms with van der Waals surface area (Å²) in [5.41, 5.74) is 7.34. The van der Waals surface area contributed by atoms with Crippen molar-refractivity contribution in [1.29, 1.82) is 0 Å². The zero-order valence-electron chi connectivity index (χ0n) is 15.4. The maximum atomic E-state index is 14.2. The molecule has 0 N–H and O–H groups in total. The summed E-state index contributed by atoms with van der Waals surface area (Å²) < 4.78 is 14.2. The van der Waals surface area contributed by atoms with Crippen molar-refractivity contribution >= 4 is 17.5 Å². The lowest BCUT2D eigenvalue weighted by molar-refractivity contribution is 0.608. The number of halogens is 1. The molecule has 0 saturated carbocycles. The predicted molar refractivity (Wildman–Crippen MR) is 106 cm³/mol. The number of benzene rings is 2. The van der Waals surface area contributed by atoms with Crippen LogP contribution in [0.5, 0.6) is 0 Å². The summed E-state index contributed by atoms with van der Waals surface area (Å²) in [6.07, 6.45) is 1.87. The van der Waals surface area contributed by atoms with E-state index in [1.165, 1.54) is 11.1 Å². The van der Waals surface area contributed by atoms with E-state index in [4.69, 9.17) is 0 Å². The quantitative estimate of drug-likeness (QED) is 0.599. The molecule has 0 spiro atoms. The van der Waals surface area contributed by atoms with Crippen LogP contribution >= 0.6 is 0 Å². The summed E-state index contributed by atoms with van der Waals surface area (Å²) in [6, 6.07) is 9.40. The fraction of sp³-hybridized carbons (Fsp3) is 0.217. The van der Waals surface area contributed by atoms with Crippen LogP contribution in [-0.2, 0) is 5.41 Å². The molecule has 25 heavy (non-hydrogen) atoms. The zero-order valence-corrected chi connectivity index (χ0v) is 15.4. The van der Waals surface area contributed by atoms with Crippen molar-refractivity contribution in [2.75, 3.05) is 4.90 Å². The molecule has 0 saturated heterocycles. The third kappa shape index (κ3) is 2.44. The molecule has 0 fully saturated rings. The average Bonchev–Trinajstić information content (AvgIpc) is 2.56. The van der Waals surface area contributed by atoms with Crippen LogP contribution in [-0.4, -0.2) is 0 Å². The van der Waals surface area contributed by atoms with Gasteiger partial charge in [0.15, 0.2) is 0 Å². The predicted octanol–water partition coefficient (Wildman–Crippen LogP) is 6.58. The summed E-state index contributed by atoms with van der Waals surface area (Å²) in [4.78, 5) is 2.01. The van der Waals surface area contributed by atoms with E-state index in [0.717, 1.165) is 28.2 Å². The number of aryl methyl sites for hydroxylation is 1. The lowest BCUT2D eigenvalue weighted by Gasteiger charge is -2.44. The van der Waals surface area contributed by atoms with Gasteiger partial charge in [-0.25, -0.2) is 4.39 Å². The average molecular weight is 333 g/mol. The Balaban J connectivity index is 2.34. The van der Waals surface area contributed by atoms with Gasteiger partial charge in [-0.2, -0.15) is 0 Å². The van der Waals surface area contributed by atoms with Crippen molar-refractivity contribution in [1.82, 2.24) is 0 Å². The lowest BCUT2D eigenvalue weighted by Crippen LogP contribution is -2.35. The van der Waals surface area contributed by atoms with Crippen molar-refractivity contribution in [3.05, 3.63) is 89.4 Å². The Morgan fingerprint density at radius 2 is 1.76 bits per heavy atom. The highest BCUT2D eigenvalue weighted by molar-refractivity contribution is 5.82. The van der Waals surface area contributed by atoms with Gasteiger partial charge in [-0.05, 0) is 59.9 Å². The number of fused-ring (bicyclic) bond motifs is 1. The van der Waals surface area contributed by atoms with E-state index in [-0.39, 0.29) is 11.2 Å². The van der Waals surface area contributed by atoms with Gasteiger partial charge < -0.3 is 4.90 Å². The normalized spacial score (nSPS) is 16.0. The third-order valence-corrected chi connectivity index (χ3v) is 5.36. The molecule has 1 nitrogen and oxygen atoms in total. The van der Waals surface area contributed by atoms with Gasteiger partial charge in [-0.3, -0.25) is 0 Å². The van der Waals surface area contributed by atoms with Gasteiger partial charge in [-0.15, -0.1) is 0 Å². The second-order valence-corrected chi connectivity index (χ2v) is 7.20. The van der Waals surface area contributed by atoms with Crippen molar-refractivity contribution in [2.45, 2.75) is 33.1 Å². The van der Waals surface area contributed by atoms with Crippen molar-refractivity contribution in [3.63, 3.8) is 0 Å². The van der Waals surface area contributed by atoms with Crippen LogP contribution in [0.15, 0.2) is 61.3 Å². The standard InChI is InChI=1S/C23H24FN/c1-8-18-10-12-21-22(15(18)3)23(6,7)16(4)17(5)25(21)19-11-9-14(2)20(24)13-19/h8-13H,1,4-5H2,2-3,6-7H3. The Kier molecular flexibility index (Phi) is 3.95. The molecule has 2 heteroatoms. The highest BCUT2D eigenvalue weighted by Crippen LogP contribution is 2.51. The summed E-state index contributed by atoms with van der Waals surface area (Å²) >= 11 is 0. The molecule has 0 unspecified atom stereocenters. The monoisotopic (exact) mass is 333 g/mol. The van der Waals surface area contributed by atoms with Crippen LogP contribution in [0.3, 0.4) is 0 Å². The van der Waals surface area contributed by atoms with Crippen LogP contribution in [0, 0.1) is 19.7 Å². The van der Waals surface area contributed by atoms with Crippen LogP contribution in [0.4, 0.5) is 15.8 Å². The first-order chi connectivity index (χ1) is 11.7. The topological polar surface area (TPSA) is 3.24 Å². The number of nitrogens with zero attached hydrogens (tertiary/aromatic N) is 1. The molecule has 128 valence electrons. The zero-order chi connectivity index (χ0) is 18.5. The molecule has 1 aliphatic rings. The van der Waals surface area contributed by atoms with Crippen molar-refractivity contribution in [3.8, 4) is 0 Å². The fourth-order valence-electron chi connectivity index (χ4n) is 3.72. The number of rotatable bonds is 2. The minimum Gasteiger partial charge on any atom is -0.310 e. The Hall–Kier alpha value is -2.61. The van der Waals surface area contributed by atoms with E-state index in [0.29, 0.717) is 5.56 Å². The van der Waals surface area contributed by atoms with E-state index in [2.05, 4.69) is 52.6 Å². The molecular weight excluding hydrogens is 309 g/mol. The first-order valence-electron chi connectivity index (χ1n) is 8.41. The smallest absolute Gasteiger partial charge is 0.128 e. The SMILES string of the molecule is C=Cc1ccc2c(c1C)C(C)(C)C(=C)C(=C)N2c1ccc(C)c(F)c1. The Bertz CT molecular complexity index is 918. The molecule has 0 radical (unpaired) electrons. The lowest BCUT2D eigenvalue weighted by atomic mass is 9.70. The van der Waals surface area contributed by atoms with Gasteiger partial charge in [0.05, 0.1) is 5.69 Å². The van der Waals surface area contributed by atoms with Crippen molar-refractivity contribution in [2.24, 2.45) is 0 Å².